The van der Waals surface area contributed by atoms with Gasteiger partial charge in [0.1, 0.15) is 5.69 Å². The van der Waals surface area contributed by atoms with Crippen molar-refractivity contribution in [3.05, 3.63) is 28.6 Å². The highest BCUT2D eigenvalue weighted by atomic mass is 19.4. The van der Waals surface area contributed by atoms with Crippen LogP contribution in [0.5, 0.6) is 0 Å². The molecule has 88 valence electrons. The van der Waals surface area contributed by atoms with E-state index in [2.05, 4.69) is 4.98 Å². The summed E-state index contributed by atoms with van der Waals surface area (Å²) in [5.74, 6) is 0. The first-order valence-corrected chi connectivity index (χ1v) is 4.09. The number of rotatable bonds is 2. The summed E-state index contributed by atoms with van der Waals surface area (Å²) >= 11 is 0. The van der Waals surface area contributed by atoms with Crippen molar-refractivity contribution in [3.63, 3.8) is 0 Å². The van der Waals surface area contributed by atoms with Crippen LogP contribution in [-0.2, 0) is 6.18 Å². The zero-order valence-corrected chi connectivity index (χ0v) is 7.98. The van der Waals surface area contributed by atoms with Gasteiger partial charge in [-0.25, -0.2) is 8.78 Å². The Labute approximate surface area is 87.1 Å². The second-order valence-corrected chi connectivity index (χ2v) is 3.03. The Balaban J connectivity index is 3.57. The van der Waals surface area contributed by atoms with E-state index in [0.29, 0.717) is 6.20 Å². The zero-order valence-electron chi connectivity index (χ0n) is 7.98. The molecule has 0 N–H and O–H groups in total. The number of pyridine rings is 1. The monoisotopic (exact) mass is 239 g/mol. The van der Waals surface area contributed by atoms with Gasteiger partial charge in [0.05, 0.1) is 11.1 Å². The quantitative estimate of drug-likeness (QED) is 0.586. The van der Waals surface area contributed by atoms with Gasteiger partial charge in [0.2, 0.25) is 0 Å². The van der Waals surface area contributed by atoms with Gasteiger partial charge >= 0.3 is 6.18 Å². The standard InChI is InChI=1S/C9H6F5NO/c1-4-2-15-7(8(10)11)5(3-16)6(4)9(12,13)14/h2-3,8H,1H3. The van der Waals surface area contributed by atoms with Gasteiger partial charge in [-0.3, -0.25) is 9.78 Å². The number of halogens is 5. The minimum atomic E-state index is -4.85. The summed E-state index contributed by atoms with van der Waals surface area (Å²) < 4.78 is 62.2. The van der Waals surface area contributed by atoms with E-state index in [-0.39, 0.29) is 11.8 Å². The molecule has 7 heteroatoms. The number of carbonyl (C=O) groups excluding carboxylic acids is 1. The minimum absolute atomic E-state index is 0.246. The molecule has 0 aromatic carbocycles. The second kappa shape index (κ2) is 4.15. The van der Waals surface area contributed by atoms with Crippen LogP contribution < -0.4 is 0 Å². The van der Waals surface area contributed by atoms with Gasteiger partial charge in [-0.2, -0.15) is 13.2 Å². The number of nitrogens with zero attached hydrogens (tertiary/aromatic N) is 1. The maximum atomic E-state index is 12.5. The van der Waals surface area contributed by atoms with Crippen molar-refractivity contribution < 1.29 is 26.7 Å². The van der Waals surface area contributed by atoms with Gasteiger partial charge in [0.15, 0.2) is 6.29 Å². The average molecular weight is 239 g/mol. The van der Waals surface area contributed by atoms with Crippen LogP contribution in [0.25, 0.3) is 0 Å². The molecule has 0 saturated heterocycles. The average Bonchev–Trinajstić information content (AvgIpc) is 2.14. The predicted molar refractivity (Wildman–Crippen MR) is 44.3 cm³/mol. The predicted octanol–water partition coefficient (Wildman–Crippen LogP) is 3.16. The maximum Gasteiger partial charge on any atom is 0.417 e. The Bertz CT molecular complexity index is 413. The first-order valence-electron chi connectivity index (χ1n) is 4.09. The van der Waals surface area contributed by atoms with E-state index in [4.69, 9.17) is 0 Å². The number of carbonyl (C=O) groups is 1. The molecule has 0 saturated carbocycles. The summed E-state index contributed by atoms with van der Waals surface area (Å²) in [5, 5.41) is 0. The molecular weight excluding hydrogens is 233 g/mol. The van der Waals surface area contributed by atoms with Crippen LogP contribution in [0.4, 0.5) is 22.0 Å². The Hall–Kier alpha value is -1.53. The number of aldehydes is 1. The van der Waals surface area contributed by atoms with E-state index in [0.717, 1.165) is 6.92 Å². The zero-order chi connectivity index (χ0) is 12.5. The van der Waals surface area contributed by atoms with E-state index in [1.54, 1.807) is 0 Å². The number of aromatic nitrogens is 1. The molecular formula is C9H6F5NO. The molecule has 2 nitrogen and oxygen atoms in total. The van der Waals surface area contributed by atoms with Crippen LogP contribution in [0.2, 0.25) is 0 Å². The van der Waals surface area contributed by atoms with Crippen molar-refractivity contribution in [3.8, 4) is 0 Å². The molecule has 1 rings (SSSR count). The van der Waals surface area contributed by atoms with Crippen LogP contribution in [-0.4, -0.2) is 11.3 Å². The van der Waals surface area contributed by atoms with Crippen molar-refractivity contribution in [2.75, 3.05) is 0 Å². The molecule has 1 aromatic heterocycles. The molecule has 0 fully saturated rings. The molecule has 0 amide bonds. The summed E-state index contributed by atoms with van der Waals surface area (Å²) in [7, 11) is 0. The summed E-state index contributed by atoms with van der Waals surface area (Å²) in [6, 6.07) is 0. The lowest BCUT2D eigenvalue weighted by molar-refractivity contribution is -0.138. The SMILES string of the molecule is Cc1cnc(C(F)F)c(C=O)c1C(F)(F)F. The largest absolute Gasteiger partial charge is 0.417 e. The third-order valence-electron chi connectivity index (χ3n) is 1.94. The smallest absolute Gasteiger partial charge is 0.298 e. The van der Waals surface area contributed by atoms with E-state index < -0.39 is 29.4 Å². The Morgan fingerprint density at radius 1 is 1.38 bits per heavy atom. The van der Waals surface area contributed by atoms with Crippen molar-refractivity contribution in [2.24, 2.45) is 0 Å². The minimum Gasteiger partial charge on any atom is -0.298 e. The third-order valence-corrected chi connectivity index (χ3v) is 1.94. The second-order valence-electron chi connectivity index (χ2n) is 3.03. The molecule has 0 unspecified atom stereocenters. The molecule has 1 aromatic rings. The summed E-state index contributed by atoms with van der Waals surface area (Å²) in [4.78, 5) is 13.6. The van der Waals surface area contributed by atoms with Crippen LogP contribution in [0.15, 0.2) is 6.20 Å². The number of hydrogen-bond acceptors (Lipinski definition) is 2. The maximum absolute atomic E-state index is 12.5. The lowest BCUT2D eigenvalue weighted by atomic mass is 10.0. The van der Waals surface area contributed by atoms with Crippen LogP contribution >= 0.6 is 0 Å². The Kier molecular flexibility index (Phi) is 3.25. The molecule has 0 atom stereocenters. The van der Waals surface area contributed by atoms with Crippen LogP contribution in [0, 0.1) is 6.92 Å². The van der Waals surface area contributed by atoms with Crippen molar-refractivity contribution in [1.82, 2.24) is 4.98 Å². The molecule has 16 heavy (non-hydrogen) atoms. The van der Waals surface area contributed by atoms with Crippen LogP contribution in [0.1, 0.15) is 33.6 Å². The lowest BCUT2D eigenvalue weighted by Gasteiger charge is -2.14. The van der Waals surface area contributed by atoms with E-state index in [1.165, 1.54) is 0 Å². The molecule has 0 aliphatic heterocycles. The van der Waals surface area contributed by atoms with E-state index in [1.807, 2.05) is 0 Å². The molecule has 0 bridgehead atoms. The van der Waals surface area contributed by atoms with E-state index in [9.17, 15) is 26.7 Å². The molecule has 0 radical (unpaired) electrons. The highest BCUT2D eigenvalue weighted by Crippen LogP contribution is 2.36. The Morgan fingerprint density at radius 2 is 1.94 bits per heavy atom. The number of aryl methyl sites for hydroxylation is 1. The van der Waals surface area contributed by atoms with Gasteiger partial charge < -0.3 is 0 Å². The van der Waals surface area contributed by atoms with Crippen molar-refractivity contribution in [2.45, 2.75) is 19.5 Å². The van der Waals surface area contributed by atoms with Gasteiger partial charge in [-0.05, 0) is 12.5 Å². The van der Waals surface area contributed by atoms with E-state index >= 15 is 0 Å². The highest BCUT2D eigenvalue weighted by Gasteiger charge is 2.37. The first-order chi connectivity index (χ1) is 7.29. The fraction of sp³-hybridized carbons (Fsp3) is 0.333. The number of alkyl halides is 5. The third kappa shape index (κ3) is 2.17. The highest BCUT2D eigenvalue weighted by molar-refractivity contribution is 5.80. The number of hydrogen-bond donors (Lipinski definition) is 0. The summed E-state index contributed by atoms with van der Waals surface area (Å²) in [6.45, 7) is 1.05. The molecule has 0 spiro atoms. The van der Waals surface area contributed by atoms with Crippen LogP contribution in [0.3, 0.4) is 0 Å². The van der Waals surface area contributed by atoms with Gasteiger partial charge in [-0.15, -0.1) is 0 Å². The molecule has 0 aliphatic carbocycles. The first kappa shape index (κ1) is 12.5. The van der Waals surface area contributed by atoms with Gasteiger partial charge in [0.25, 0.3) is 6.43 Å². The topological polar surface area (TPSA) is 30.0 Å². The van der Waals surface area contributed by atoms with Crippen molar-refractivity contribution >= 4 is 6.29 Å². The molecule has 0 aliphatic rings. The lowest BCUT2D eigenvalue weighted by Crippen LogP contribution is -2.15. The normalized spacial score (nSPS) is 11.9. The van der Waals surface area contributed by atoms with Gasteiger partial charge in [0, 0.05) is 6.20 Å². The van der Waals surface area contributed by atoms with Gasteiger partial charge in [-0.1, -0.05) is 0 Å². The van der Waals surface area contributed by atoms with Crippen molar-refractivity contribution in [1.29, 1.82) is 0 Å². The summed E-state index contributed by atoms with van der Waals surface area (Å²) in [5.41, 5.74) is -3.96. The molecule has 1 heterocycles. The fourth-order valence-electron chi connectivity index (χ4n) is 1.31. The summed E-state index contributed by atoms with van der Waals surface area (Å²) in [6.07, 6.45) is -7.64. The fourth-order valence-corrected chi connectivity index (χ4v) is 1.31. The Morgan fingerprint density at radius 3 is 2.31 bits per heavy atom.